The second-order valence-electron chi connectivity index (χ2n) is 4.84. The molecule has 0 fully saturated rings. The Kier molecular flexibility index (Phi) is 2.77. The van der Waals surface area contributed by atoms with Crippen LogP contribution in [-0.4, -0.2) is 20.5 Å². The Bertz CT molecular complexity index is 682. The van der Waals surface area contributed by atoms with Crippen molar-refractivity contribution in [2.24, 2.45) is 0 Å². The van der Waals surface area contributed by atoms with Gasteiger partial charge in [-0.2, -0.15) is 0 Å². The van der Waals surface area contributed by atoms with Gasteiger partial charge in [0.05, 0.1) is 7.11 Å². The van der Waals surface area contributed by atoms with Gasteiger partial charge in [-0.25, -0.2) is 0 Å². The maximum Gasteiger partial charge on any atom is 0.231 e. The Morgan fingerprint density at radius 2 is 1.71 bits per heavy atom. The number of hydrogen-bond donors (Lipinski definition) is 0. The Hall–Kier alpha value is -2.56. The molecule has 5 heteroatoms. The molecule has 5 nitrogen and oxygen atoms in total. The van der Waals surface area contributed by atoms with Crippen molar-refractivity contribution in [1.29, 1.82) is 0 Å². The summed E-state index contributed by atoms with van der Waals surface area (Å²) in [6.45, 7) is 0.722. The first-order valence-electron chi connectivity index (χ1n) is 6.70. The van der Waals surface area contributed by atoms with E-state index >= 15 is 0 Å². The van der Waals surface area contributed by atoms with Gasteiger partial charge in [-0.05, 0) is 29.8 Å². The monoisotopic (exact) mass is 286 g/mol. The van der Waals surface area contributed by atoms with Crippen molar-refractivity contribution in [1.82, 2.24) is 0 Å². The molecule has 0 spiro atoms. The molecule has 2 aromatic rings. The van der Waals surface area contributed by atoms with Gasteiger partial charge in [-0.3, -0.25) is 0 Å². The zero-order valence-electron chi connectivity index (χ0n) is 11.5. The van der Waals surface area contributed by atoms with E-state index in [4.69, 9.17) is 23.7 Å². The van der Waals surface area contributed by atoms with Crippen LogP contribution in [0.15, 0.2) is 36.4 Å². The molecule has 2 aromatic carbocycles. The highest BCUT2D eigenvalue weighted by molar-refractivity contribution is 5.49. The average molecular weight is 286 g/mol. The largest absolute Gasteiger partial charge is 0.497 e. The molecule has 4 rings (SSSR count). The molecule has 0 unspecified atom stereocenters. The Labute approximate surface area is 122 Å². The lowest BCUT2D eigenvalue weighted by atomic mass is 10.1. The van der Waals surface area contributed by atoms with Crippen molar-refractivity contribution in [2.75, 3.05) is 20.5 Å². The summed E-state index contributed by atoms with van der Waals surface area (Å²) in [5, 5.41) is 0. The number of benzene rings is 2. The van der Waals surface area contributed by atoms with E-state index in [2.05, 4.69) is 0 Å². The smallest absolute Gasteiger partial charge is 0.231 e. The highest BCUT2D eigenvalue weighted by Gasteiger charge is 2.25. The summed E-state index contributed by atoms with van der Waals surface area (Å²) in [6, 6.07) is 11.3. The lowest BCUT2D eigenvalue weighted by molar-refractivity contribution is 0.0907. The molecule has 2 aliphatic rings. The van der Waals surface area contributed by atoms with Crippen molar-refractivity contribution in [3.63, 3.8) is 0 Å². The standard InChI is InChI=1S/C16H14O5/c1-17-11-3-5-13-15(7-11)21-16(8-18-13)10-2-4-12-14(6-10)20-9-19-12/h2-7,16H,8-9H2,1H3/t16-/m1/s1. The normalized spacial score (nSPS) is 18.4. The first-order valence-corrected chi connectivity index (χ1v) is 6.70. The van der Waals surface area contributed by atoms with E-state index in [0.717, 1.165) is 28.6 Å². The lowest BCUT2D eigenvalue weighted by Crippen LogP contribution is -2.21. The second-order valence-corrected chi connectivity index (χ2v) is 4.84. The predicted octanol–water partition coefficient (Wildman–Crippen LogP) is 2.94. The van der Waals surface area contributed by atoms with Crippen LogP contribution >= 0.6 is 0 Å². The summed E-state index contributed by atoms with van der Waals surface area (Å²) in [7, 11) is 1.63. The first kappa shape index (κ1) is 12.2. The molecule has 1 atom stereocenters. The van der Waals surface area contributed by atoms with Crippen molar-refractivity contribution in [3.05, 3.63) is 42.0 Å². The topological polar surface area (TPSA) is 46.2 Å². The third-order valence-electron chi connectivity index (χ3n) is 3.58. The number of hydrogen-bond acceptors (Lipinski definition) is 5. The van der Waals surface area contributed by atoms with E-state index in [1.807, 2.05) is 36.4 Å². The van der Waals surface area contributed by atoms with Crippen molar-refractivity contribution in [2.45, 2.75) is 6.10 Å². The van der Waals surface area contributed by atoms with Crippen LogP contribution in [-0.2, 0) is 0 Å². The third-order valence-corrected chi connectivity index (χ3v) is 3.58. The molecule has 0 saturated carbocycles. The van der Waals surface area contributed by atoms with Gasteiger partial charge in [-0.15, -0.1) is 0 Å². The van der Waals surface area contributed by atoms with E-state index < -0.39 is 0 Å². The number of fused-ring (bicyclic) bond motifs is 2. The van der Waals surface area contributed by atoms with Crippen LogP contribution in [0.2, 0.25) is 0 Å². The average Bonchev–Trinajstić information content (AvgIpc) is 3.01. The van der Waals surface area contributed by atoms with E-state index in [1.54, 1.807) is 7.11 Å². The van der Waals surface area contributed by atoms with E-state index in [9.17, 15) is 0 Å². The molecule has 2 aliphatic heterocycles. The van der Waals surface area contributed by atoms with Gasteiger partial charge in [0.15, 0.2) is 29.1 Å². The third kappa shape index (κ3) is 2.11. The summed E-state index contributed by atoms with van der Waals surface area (Å²) in [4.78, 5) is 0. The molecule has 0 bridgehead atoms. The van der Waals surface area contributed by atoms with Crippen LogP contribution in [0.5, 0.6) is 28.7 Å². The SMILES string of the molecule is COc1ccc2c(c1)O[C@@H](c1ccc3c(c1)OCO3)CO2. The fraction of sp³-hybridized carbons (Fsp3) is 0.250. The van der Waals surface area contributed by atoms with Crippen molar-refractivity contribution in [3.8, 4) is 28.7 Å². The van der Waals surface area contributed by atoms with Crippen LogP contribution in [0.1, 0.15) is 11.7 Å². The molecule has 108 valence electrons. The van der Waals surface area contributed by atoms with Gasteiger partial charge < -0.3 is 23.7 Å². The minimum atomic E-state index is -0.181. The van der Waals surface area contributed by atoms with Crippen LogP contribution in [0.25, 0.3) is 0 Å². The van der Waals surface area contributed by atoms with E-state index in [1.165, 1.54) is 0 Å². The van der Waals surface area contributed by atoms with Crippen molar-refractivity contribution >= 4 is 0 Å². The van der Waals surface area contributed by atoms with Crippen LogP contribution < -0.4 is 23.7 Å². The minimum absolute atomic E-state index is 0.181. The molecule has 0 aliphatic carbocycles. The summed E-state index contributed by atoms with van der Waals surface area (Å²) in [5.74, 6) is 3.66. The molecule has 0 radical (unpaired) electrons. The maximum absolute atomic E-state index is 6.02. The molecular formula is C16H14O5. The molecule has 0 saturated heterocycles. The zero-order chi connectivity index (χ0) is 14.2. The number of ether oxygens (including phenoxy) is 5. The van der Waals surface area contributed by atoms with Crippen molar-refractivity contribution < 1.29 is 23.7 Å². The molecule has 0 aromatic heterocycles. The van der Waals surface area contributed by atoms with Gasteiger partial charge in [0, 0.05) is 6.07 Å². The van der Waals surface area contributed by atoms with Crippen LogP contribution in [0.4, 0.5) is 0 Å². The molecule has 21 heavy (non-hydrogen) atoms. The lowest BCUT2D eigenvalue weighted by Gasteiger charge is -2.27. The molecule has 2 heterocycles. The molecule has 0 amide bonds. The molecule has 0 N–H and O–H groups in total. The summed E-state index contributed by atoms with van der Waals surface area (Å²) in [6.07, 6.45) is -0.181. The maximum atomic E-state index is 6.02. The number of rotatable bonds is 2. The Morgan fingerprint density at radius 3 is 2.62 bits per heavy atom. The highest BCUT2D eigenvalue weighted by atomic mass is 16.7. The van der Waals surface area contributed by atoms with Gasteiger partial charge in [0.1, 0.15) is 12.4 Å². The second kappa shape index (κ2) is 4.77. The highest BCUT2D eigenvalue weighted by Crippen LogP contribution is 2.41. The minimum Gasteiger partial charge on any atom is -0.497 e. The predicted molar refractivity (Wildman–Crippen MR) is 74.4 cm³/mol. The van der Waals surface area contributed by atoms with Crippen LogP contribution in [0, 0.1) is 0 Å². The van der Waals surface area contributed by atoms with Gasteiger partial charge in [0.2, 0.25) is 6.79 Å². The fourth-order valence-electron chi connectivity index (χ4n) is 2.46. The summed E-state index contributed by atoms with van der Waals surface area (Å²) in [5.41, 5.74) is 0.993. The van der Waals surface area contributed by atoms with E-state index in [-0.39, 0.29) is 12.9 Å². The molecular weight excluding hydrogens is 272 g/mol. The van der Waals surface area contributed by atoms with Gasteiger partial charge in [-0.1, -0.05) is 6.07 Å². The Balaban J connectivity index is 1.62. The van der Waals surface area contributed by atoms with Crippen LogP contribution in [0.3, 0.4) is 0 Å². The quantitative estimate of drug-likeness (QED) is 0.849. The Morgan fingerprint density at radius 1 is 0.905 bits per heavy atom. The van der Waals surface area contributed by atoms with E-state index in [0.29, 0.717) is 12.4 Å². The fourth-order valence-corrected chi connectivity index (χ4v) is 2.46. The number of methoxy groups -OCH3 is 1. The zero-order valence-corrected chi connectivity index (χ0v) is 11.5. The van der Waals surface area contributed by atoms with Gasteiger partial charge >= 0.3 is 0 Å². The first-order chi connectivity index (χ1) is 10.3. The summed E-state index contributed by atoms with van der Waals surface area (Å²) < 4.78 is 27.7. The van der Waals surface area contributed by atoms with Gasteiger partial charge in [0.25, 0.3) is 0 Å². The summed E-state index contributed by atoms with van der Waals surface area (Å²) >= 11 is 0.